The minimum Gasteiger partial charge on any atom is -0.452 e. The number of aromatic nitrogens is 4. The zero-order valence-corrected chi connectivity index (χ0v) is 35.4. The summed E-state index contributed by atoms with van der Waals surface area (Å²) in [7, 11) is 2.55. The first kappa shape index (κ1) is 41.5. The Hall–Kier alpha value is -6.22. The molecule has 4 N–H and O–H groups in total. The lowest BCUT2D eigenvalue weighted by molar-refractivity contribution is -0.143. The van der Waals surface area contributed by atoms with Crippen LogP contribution >= 0.6 is 0 Å². The van der Waals surface area contributed by atoms with Crippen molar-refractivity contribution < 1.29 is 33.4 Å². The third kappa shape index (κ3) is 8.30. The molecule has 3 fully saturated rings. The van der Waals surface area contributed by atoms with E-state index in [1.54, 1.807) is 6.20 Å². The number of nitrogens with one attached hydrogen (secondary N) is 4. The number of benzene rings is 3. The van der Waals surface area contributed by atoms with Crippen molar-refractivity contribution in [2.45, 2.75) is 102 Å². The van der Waals surface area contributed by atoms with Crippen LogP contribution in [0.2, 0.25) is 0 Å². The highest BCUT2D eigenvalue weighted by molar-refractivity contribution is 5.91. The van der Waals surface area contributed by atoms with Crippen molar-refractivity contribution >= 4 is 34.8 Å². The van der Waals surface area contributed by atoms with E-state index >= 15 is 0 Å². The van der Waals surface area contributed by atoms with E-state index in [9.17, 15) is 19.2 Å². The predicted molar refractivity (Wildman–Crippen MR) is 228 cm³/mol. The molecule has 4 amide bonds. The Bertz CT molecular complexity index is 2410. The number of nitrogens with zero attached hydrogens (tertiary/aromatic N) is 4. The second-order valence-electron chi connectivity index (χ2n) is 16.9. The number of hydrazine groups is 2. The summed E-state index contributed by atoms with van der Waals surface area (Å²) < 4.78 is 15.8. The van der Waals surface area contributed by atoms with Gasteiger partial charge in [-0.1, -0.05) is 61.4 Å². The molecule has 1 saturated carbocycles. The highest BCUT2D eigenvalue weighted by Crippen LogP contribution is 2.49. The van der Waals surface area contributed by atoms with Crippen molar-refractivity contribution in [3.05, 3.63) is 84.7 Å². The average Bonchev–Trinajstić information content (AvgIpc) is 4.12. The number of methoxy groups -OCH3 is 2. The van der Waals surface area contributed by atoms with E-state index in [-0.39, 0.29) is 53.9 Å². The summed E-state index contributed by atoms with van der Waals surface area (Å²) in [5.74, 6) is -0.0531. The average molecular weight is 831 g/mol. The lowest BCUT2D eigenvalue weighted by Gasteiger charge is -2.35. The molecule has 3 aliphatic rings. The fraction of sp³-hybridized carbons (Fsp3) is 0.435. The van der Waals surface area contributed by atoms with Crippen LogP contribution in [0, 0.1) is 11.8 Å². The van der Waals surface area contributed by atoms with Crippen LogP contribution in [-0.4, -0.2) is 92.5 Å². The van der Waals surface area contributed by atoms with Crippen LogP contribution in [0.1, 0.15) is 89.7 Å². The number of hydrogen-bond donors (Lipinski definition) is 4. The number of carbonyl (C=O) groups is 4. The van der Waals surface area contributed by atoms with Gasteiger partial charge in [0.1, 0.15) is 11.6 Å². The van der Waals surface area contributed by atoms with Crippen molar-refractivity contribution in [2.75, 3.05) is 14.2 Å². The van der Waals surface area contributed by atoms with Gasteiger partial charge in [-0.05, 0) is 93.0 Å². The lowest BCUT2D eigenvalue weighted by atomic mass is 9.78. The molecule has 2 bridgehead atoms. The Balaban J connectivity index is 0.959. The topological polar surface area (TPSA) is 184 Å². The van der Waals surface area contributed by atoms with Gasteiger partial charge in [-0.2, -0.15) is 0 Å². The molecule has 15 heteroatoms. The van der Waals surface area contributed by atoms with Crippen LogP contribution in [0.4, 0.5) is 9.59 Å². The summed E-state index contributed by atoms with van der Waals surface area (Å²) in [4.78, 5) is 68.3. The van der Waals surface area contributed by atoms with Gasteiger partial charge in [-0.15, -0.1) is 0 Å². The molecule has 8 rings (SSSR count). The van der Waals surface area contributed by atoms with Crippen LogP contribution in [-0.2, 0) is 23.8 Å². The standard InChI is InChI=1S/C46H54N8O7/c1-25(2)53(51-45(57)59-5)43(55)34-10-8-7-9-33(34)41-47-24-36(49-41)32-18-17-30-21-29(15-16-31(30)22-32)27-11-13-28(14-12-27)35-23-48-42(50-35)39-37-19-20-38(61-37)40(39)44(56)54(26(3)4)52-46(58)60-6/h11-18,21-26,33-34,37-40H,7-10,19-20H2,1-6H3,(H,47,49)(H,48,50)(H,51,57)(H,52,58)/t33-,34+,37?,38?,39+,40?/m0/s1. The Morgan fingerprint density at radius 2 is 1.18 bits per heavy atom. The maximum Gasteiger partial charge on any atom is 0.425 e. The fourth-order valence-electron chi connectivity index (χ4n) is 9.36. The molecular weight excluding hydrogens is 777 g/mol. The van der Waals surface area contributed by atoms with Crippen LogP contribution in [0.25, 0.3) is 44.4 Å². The van der Waals surface area contributed by atoms with Gasteiger partial charge in [-0.25, -0.2) is 40.4 Å². The molecule has 0 spiro atoms. The van der Waals surface area contributed by atoms with E-state index in [1.807, 2.05) is 33.9 Å². The minimum atomic E-state index is -0.697. The minimum absolute atomic E-state index is 0.0975. The van der Waals surface area contributed by atoms with E-state index in [0.29, 0.717) is 5.82 Å². The predicted octanol–water partition coefficient (Wildman–Crippen LogP) is 7.84. The molecule has 61 heavy (non-hydrogen) atoms. The number of ether oxygens (including phenoxy) is 3. The molecule has 1 aliphatic carbocycles. The van der Waals surface area contributed by atoms with Crippen molar-refractivity contribution in [1.82, 2.24) is 40.8 Å². The molecule has 3 unspecified atom stereocenters. The smallest absolute Gasteiger partial charge is 0.425 e. The van der Waals surface area contributed by atoms with Crippen molar-refractivity contribution in [2.24, 2.45) is 11.8 Å². The zero-order valence-electron chi connectivity index (χ0n) is 35.4. The first-order chi connectivity index (χ1) is 29.4. The second kappa shape index (κ2) is 17.4. The number of aromatic amines is 2. The molecule has 15 nitrogen and oxygen atoms in total. The maximum atomic E-state index is 13.9. The highest BCUT2D eigenvalue weighted by atomic mass is 16.5. The van der Waals surface area contributed by atoms with Gasteiger partial charge in [0.25, 0.3) is 0 Å². The Labute approximate surface area is 354 Å². The third-order valence-electron chi connectivity index (χ3n) is 12.5. The normalized spacial score (nSPS) is 22.0. The summed E-state index contributed by atoms with van der Waals surface area (Å²) in [6, 6.07) is 20.6. The third-order valence-corrected chi connectivity index (χ3v) is 12.5. The van der Waals surface area contributed by atoms with Gasteiger partial charge in [0, 0.05) is 29.5 Å². The second-order valence-corrected chi connectivity index (χ2v) is 16.9. The molecule has 3 aromatic carbocycles. The molecular formula is C46H54N8O7. The summed E-state index contributed by atoms with van der Waals surface area (Å²) in [6.07, 6.45) is 7.00. The molecule has 2 aromatic heterocycles. The fourth-order valence-corrected chi connectivity index (χ4v) is 9.36. The van der Waals surface area contributed by atoms with Gasteiger partial charge in [0.05, 0.1) is 62.0 Å². The van der Waals surface area contributed by atoms with E-state index in [1.165, 1.54) is 24.2 Å². The van der Waals surface area contributed by atoms with Crippen molar-refractivity contribution in [1.29, 1.82) is 0 Å². The number of H-pyrrole nitrogens is 2. The lowest BCUT2D eigenvalue weighted by Crippen LogP contribution is -2.54. The first-order valence-electron chi connectivity index (χ1n) is 21.2. The van der Waals surface area contributed by atoms with Crippen LogP contribution in [0.5, 0.6) is 0 Å². The summed E-state index contributed by atoms with van der Waals surface area (Å²) in [5.41, 5.74) is 11.0. The largest absolute Gasteiger partial charge is 0.452 e. The maximum absolute atomic E-state index is 13.9. The number of imidazole rings is 2. The van der Waals surface area contributed by atoms with Gasteiger partial charge in [0.2, 0.25) is 11.8 Å². The van der Waals surface area contributed by atoms with E-state index in [2.05, 4.69) is 81.5 Å². The number of amides is 4. The monoisotopic (exact) mass is 830 g/mol. The van der Waals surface area contributed by atoms with Crippen LogP contribution in [0.15, 0.2) is 73.1 Å². The SMILES string of the molecule is COC(=O)NN(C(=O)C1C2CCC(O2)[C@H]1c1ncc(-c2ccc(-c3ccc4cc(-c5cnc([C@H]6CCCC[C@H]6C(=O)N(NC(=O)OC)C(C)C)[nH]5)ccc4c3)cc2)[nH]1)C(C)C. The summed E-state index contributed by atoms with van der Waals surface area (Å²) >= 11 is 0. The quantitative estimate of drug-likeness (QED) is 0.108. The van der Waals surface area contributed by atoms with Crippen molar-refractivity contribution in [3.63, 3.8) is 0 Å². The zero-order chi connectivity index (χ0) is 42.9. The first-order valence-corrected chi connectivity index (χ1v) is 21.2. The molecule has 2 saturated heterocycles. The molecule has 2 aliphatic heterocycles. The Morgan fingerprint density at radius 1 is 0.656 bits per heavy atom. The van der Waals surface area contributed by atoms with Crippen LogP contribution in [0.3, 0.4) is 0 Å². The summed E-state index contributed by atoms with van der Waals surface area (Å²) in [5, 5.41) is 4.91. The van der Waals surface area contributed by atoms with E-state index < -0.39 is 18.1 Å². The van der Waals surface area contributed by atoms with Gasteiger partial charge in [0.15, 0.2) is 0 Å². The van der Waals surface area contributed by atoms with Gasteiger partial charge >= 0.3 is 12.2 Å². The van der Waals surface area contributed by atoms with Crippen LogP contribution < -0.4 is 10.9 Å². The molecule has 320 valence electrons. The molecule has 6 atom stereocenters. The Kier molecular flexibility index (Phi) is 11.8. The number of rotatable bonds is 9. The molecule has 0 radical (unpaired) electrons. The van der Waals surface area contributed by atoms with E-state index in [0.717, 1.165) is 88.8 Å². The van der Waals surface area contributed by atoms with Gasteiger partial charge in [-0.3, -0.25) is 9.59 Å². The van der Waals surface area contributed by atoms with Crippen molar-refractivity contribution in [3.8, 4) is 33.6 Å². The number of fused-ring (bicyclic) bond motifs is 3. The number of hydrogen-bond acceptors (Lipinski definition) is 9. The number of carbonyl (C=O) groups excluding carboxylic acids is 4. The van der Waals surface area contributed by atoms with Gasteiger partial charge < -0.3 is 24.2 Å². The molecule has 4 heterocycles. The Morgan fingerprint density at radius 3 is 1.84 bits per heavy atom. The highest BCUT2D eigenvalue weighted by Gasteiger charge is 2.55. The summed E-state index contributed by atoms with van der Waals surface area (Å²) in [6.45, 7) is 7.41. The van der Waals surface area contributed by atoms with E-state index in [4.69, 9.17) is 24.2 Å². The molecule has 5 aromatic rings.